The Morgan fingerprint density at radius 1 is 1.13 bits per heavy atom. The molecule has 4 rings (SSSR count). The van der Waals surface area contributed by atoms with Crippen molar-refractivity contribution in [2.75, 3.05) is 6.54 Å². The summed E-state index contributed by atoms with van der Waals surface area (Å²) in [6.07, 6.45) is 3.30. The van der Waals surface area contributed by atoms with E-state index in [0.29, 0.717) is 21.6 Å². The average molecular weight is 432 g/mol. The van der Waals surface area contributed by atoms with E-state index >= 15 is 0 Å². The van der Waals surface area contributed by atoms with Crippen molar-refractivity contribution in [1.29, 1.82) is 0 Å². The van der Waals surface area contributed by atoms with Crippen LogP contribution >= 0.6 is 11.6 Å². The molecule has 30 heavy (non-hydrogen) atoms. The number of aryl methyl sites for hydroxylation is 1. The Morgan fingerprint density at radius 3 is 2.47 bits per heavy atom. The van der Waals surface area contributed by atoms with Crippen LogP contribution in [-0.4, -0.2) is 29.2 Å². The zero-order chi connectivity index (χ0) is 21.4. The first-order valence-corrected chi connectivity index (χ1v) is 10.5. The van der Waals surface area contributed by atoms with Crippen LogP contribution in [0.4, 0.5) is 0 Å². The third-order valence-electron chi connectivity index (χ3n) is 5.97. The molecular weight excluding hydrogens is 410 g/mol. The second-order valence-electron chi connectivity index (χ2n) is 7.92. The third kappa shape index (κ3) is 3.86. The van der Waals surface area contributed by atoms with Crippen LogP contribution in [0.1, 0.15) is 43.2 Å². The van der Waals surface area contributed by atoms with E-state index in [1.807, 2.05) is 0 Å². The molecule has 1 aromatic heterocycles. The lowest BCUT2D eigenvalue weighted by molar-refractivity contribution is -0.146. The molecule has 0 spiro atoms. The van der Waals surface area contributed by atoms with Crippen molar-refractivity contribution in [2.45, 2.75) is 45.6 Å². The number of ether oxygens (including phenoxy) is 1. The molecule has 2 atom stereocenters. The van der Waals surface area contributed by atoms with E-state index in [0.717, 1.165) is 31.2 Å². The lowest BCUT2D eigenvalue weighted by Gasteiger charge is -2.19. The van der Waals surface area contributed by atoms with E-state index in [1.54, 1.807) is 19.1 Å². The smallest absolute Gasteiger partial charge is 0.336 e. The van der Waals surface area contributed by atoms with Crippen LogP contribution in [0, 0.1) is 18.8 Å². The van der Waals surface area contributed by atoms with Gasteiger partial charge in [0.05, 0.1) is 18.3 Å². The summed E-state index contributed by atoms with van der Waals surface area (Å²) in [4.78, 5) is 50.2. The van der Waals surface area contributed by atoms with Crippen LogP contribution in [0.2, 0.25) is 5.02 Å². The van der Waals surface area contributed by atoms with E-state index in [1.165, 1.54) is 11.0 Å². The molecule has 158 valence electrons. The number of carbonyl (C=O) groups is 3. The fourth-order valence-electron chi connectivity index (χ4n) is 4.35. The number of hydrogen-bond donors (Lipinski definition) is 0. The number of carbonyl (C=O) groups excluding carboxylic acids is 3. The van der Waals surface area contributed by atoms with Gasteiger partial charge in [0.25, 0.3) is 0 Å². The van der Waals surface area contributed by atoms with Crippen LogP contribution in [0.15, 0.2) is 27.4 Å². The highest BCUT2D eigenvalue weighted by molar-refractivity contribution is 6.32. The van der Waals surface area contributed by atoms with Crippen LogP contribution < -0.4 is 5.63 Å². The van der Waals surface area contributed by atoms with Crippen LogP contribution in [0.3, 0.4) is 0 Å². The van der Waals surface area contributed by atoms with Crippen molar-refractivity contribution in [3.05, 3.63) is 44.8 Å². The quantitative estimate of drug-likeness (QED) is 0.409. The van der Waals surface area contributed by atoms with Gasteiger partial charge in [-0.15, -0.1) is 0 Å². The molecule has 2 aromatic rings. The van der Waals surface area contributed by atoms with Crippen LogP contribution in [-0.2, 0) is 25.7 Å². The summed E-state index contributed by atoms with van der Waals surface area (Å²) >= 11 is 6.17. The number of rotatable bonds is 5. The number of benzene rings is 1. The number of fused-ring (bicyclic) bond motifs is 2. The highest BCUT2D eigenvalue weighted by Crippen LogP contribution is 2.38. The molecule has 2 fully saturated rings. The Kier molecular flexibility index (Phi) is 5.64. The molecule has 2 amide bonds. The van der Waals surface area contributed by atoms with E-state index in [4.69, 9.17) is 20.8 Å². The van der Waals surface area contributed by atoms with Gasteiger partial charge in [0.2, 0.25) is 11.8 Å². The summed E-state index contributed by atoms with van der Waals surface area (Å²) in [5.74, 6) is -1.36. The zero-order valence-corrected chi connectivity index (χ0v) is 17.4. The van der Waals surface area contributed by atoms with Crippen molar-refractivity contribution < 1.29 is 23.5 Å². The van der Waals surface area contributed by atoms with Crippen molar-refractivity contribution in [2.24, 2.45) is 11.8 Å². The fraction of sp³-hybridized carbons (Fsp3) is 0.455. The second kappa shape index (κ2) is 8.22. The van der Waals surface area contributed by atoms with E-state index < -0.39 is 11.6 Å². The van der Waals surface area contributed by atoms with Crippen LogP contribution in [0.25, 0.3) is 11.0 Å². The Labute approximate surface area is 177 Å². The summed E-state index contributed by atoms with van der Waals surface area (Å²) < 4.78 is 10.5. The monoisotopic (exact) mass is 431 g/mol. The number of hydrogen-bond acceptors (Lipinski definition) is 6. The molecular formula is C22H22ClNO6. The zero-order valence-electron chi connectivity index (χ0n) is 16.6. The minimum absolute atomic E-state index is 0.0200. The lowest BCUT2D eigenvalue weighted by Crippen LogP contribution is -2.33. The lowest BCUT2D eigenvalue weighted by atomic mass is 9.81. The highest BCUT2D eigenvalue weighted by atomic mass is 35.5. The summed E-state index contributed by atoms with van der Waals surface area (Å²) in [5, 5.41) is 1.10. The molecule has 8 heteroatoms. The van der Waals surface area contributed by atoms with Gasteiger partial charge in [-0.2, -0.15) is 0 Å². The normalized spacial score (nSPS) is 21.2. The maximum atomic E-state index is 12.5. The number of amides is 2. The second-order valence-corrected chi connectivity index (χ2v) is 8.33. The summed E-state index contributed by atoms with van der Waals surface area (Å²) in [6, 6.07) is 4.59. The number of imide groups is 1. The van der Waals surface area contributed by atoms with Gasteiger partial charge in [-0.3, -0.25) is 19.3 Å². The molecule has 7 nitrogen and oxygen atoms in total. The molecule has 0 unspecified atom stereocenters. The third-order valence-corrected chi connectivity index (χ3v) is 6.38. The molecule has 1 saturated carbocycles. The first-order valence-electron chi connectivity index (χ1n) is 10.1. The highest BCUT2D eigenvalue weighted by Gasteiger charge is 2.47. The van der Waals surface area contributed by atoms with Crippen molar-refractivity contribution in [3.8, 4) is 0 Å². The standard InChI is InChI=1S/C22H22ClNO6/c1-12-8-18-16(10-17(12)23)13(9-20(26)30-18)11-29-19(25)6-7-24-21(27)14-4-2-3-5-15(14)22(24)28/h8-10,14-15H,2-7,11H2,1H3/t14-,15-/m1/s1. The molecule has 1 saturated heterocycles. The van der Waals surface area contributed by atoms with Gasteiger partial charge >= 0.3 is 11.6 Å². The Hall–Kier alpha value is -2.67. The van der Waals surface area contributed by atoms with E-state index in [9.17, 15) is 19.2 Å². The molecule has 0 radical (unpaired) electrons. The van der Waals surface area contributed by atoms with Crippen LogP contribution in [0.5, 0.6) is 0 Å². The molecule has 1 aliphatic heterocycles. The van der Waals surface area contributed by atoms with Crippen molar-refractivity contribution >= 4 is 40.4 Å². The topological polar surface area (TPSA) is 93.9 Å². The van der Waals surface area contributed by atoms with Crippen molar-refractivity contribution in [1.82, 2.24) is 4.90 Å². The van der Waals surface area contributed by atoms with Gasteiger partial charge in [0.15, 0.2) is 0 Å². The van der Waals surface area contributed by atoms with E-state index in [2.05, 4.69) is 0 Å². The number of likely N-dealkylation sites (tertiary alicyclic amines) is 1. The summed E-state index contributed by atoms with van der Waals surface area (Å²) in [7, 11) is 0. The van der Waals surface area contributed by atoms with Crippen molar-refractivity contribution in [3.63, 3.8) is 0 Å². The SMILES string of the molecule is Cc1cc2oc(=O)cc(COC(=O)CCN3C(=O)[C@@H]4CCCC[C@H]4C3=O)c2cc1Cl. The molecule has 0 N–H and O–H groups in total. The predicted molar refractivity (Wildman–Crippen MR) is 109 cm³/mol. The van der Waals surface area contributed by atoms with Gasteiger partial charge < -0.3 is 9.15 Å². The Bertz CT molecular complexity index is 1070. The number of esters is 1. The molecule has 2 heterocycles. The van der Waals surface area contributed by atoms with Gasteiger partial charge in [-0.25, -0.2) is 4.79 Å². The minimum atomic E-state index is -0.551. The largest absolute Gasteiger partial charge is 0.461 e. The average Bonchev–Trinajstić information content (AvgIpc) is 2.96. The maximum absolute atomic E-state index is 12.5. The predicted octanol–water partition coefficient (Wildman–Crippen LogP) is 3.36. The maximum Gasteiger partial charge on any atom is 0.336 e. The van der Waals surface area contributed by atoms with E-state index in [-0.39, 0.29) is 43.2 Å². The minimum Gasteiger partial charge on any atom is -0.461 e. The molecule has 1 aliphatic carbocycles. The molecule has 2 aliphatic rings. The van der Waals surface area contributed by atoms with Gasteiger partial charge in [-0.05, 0) is 37.5 Å². The Balaban J connectivity index is 1.40. The molecule has 1 aromatic carbocycles. The van der Waals surface area contributed by atoms with Gasteiger partial charge in [0.1, 0.15) is 12.2 Å². The number of nitrogens with zero attached hydrogens (tertiary/aromatic N) is 1. The van der Waals surface area contributed by atoms with Gasteiger partial charge in [-0.1, -0.05) is 24.4 Å². The first kappa shape index (κ1) is 20.6. The Morgan fingerprint density at radius 2 is 1.80 bits per heavy atom. The number of halogens is 1. The summed E-state index contributed by atoms with van der Waals surface area (Å²) in [5.41, 5.74) is 1.07. The summed E-state index contributed by atoms with van der Waals surface area (Å²) in [6.45, 7) is 1.69. The van der Waals surface area contributed by atoms with Gasteiger partial charge in [0, 0.05) is 28.6 Å². The fourth-order valence-corrected chi connectivity index (χ4v) is 4.52. The first-order chi connectivity index (χ1) is 14.3. The molecule has 0 bridgehead atoms.